The van der Waals surface area contributed by atoms with Gasteiger partial charge >= 0.3 is 0 Å². The average molecular weight is 342 g/mol. The van der Waals surface area contributed by atoms with Gasteiger partial charge in [0, 0.05) is 26.2 Å². The lowest BCUT2D eigenvalue weighted by atomic mass is 10.1. The van der Waals surface area contributed by atoms with E-state index in [1.807, 2.05) is 31.3 Å². The Kier molecular flexibility index (Phi) is 9.17. The molecule has 0 aliphatic carbocycles. The van der Waals surface area contributed by atoms with Crippen molar-refractivity contribution in [3.05, 3.63) is 35.4 Å². The fourth-order valence-electron chi connectivity index (χ4n) is 2.91. The number of nitrogens with one attached hydrogen (secondary N) is 2. The first kappa shape index (κ1) is 19.9. The van der Waals surface area contributed by atoms with E-state index in [0.717, 1.165) is 30.6 Å². The molecule has 23 heavy (non-hydrogen) atoms. The molecule has 1 amide bonds. The van der Waals surface area contributed by atoms with Crippen LogP contribution < -0.4 is 10.6 Å². The standard InChI is InChI=1S/C17H27N3O2.ClH/c1-18-16-8-5-9-20(11-16)12-17(21)19-10-14-6-3-4-7-15(14)13-22-2;/h3-4,6-7,16,18H,5,8-13H2,1-2H3,(H,19,21);1H. The number of benzene rings is 1. The highest BCUT2D eigenvalue weighted by Crippen LogP contribution is 2.11. The monoisotopic (exact) mass is 341 g/mol. The topological polar surface area (TPSA) is 53.6 Å². The molecule has 2 rings (SSSR count). The Morgan fingerprint density at radius 3 is 2.78 bits per heavy atom. The van der Waals surface area contributed by atoms with Gasteiger partial charge in [-0.05, 0) is 37.6 Å². The van der Waals surface area contributed by atoms with Gasteiger partial charge < -0.3 is 15.4 Å². The van der Waals surface area contributed by atoms with Gasteiger partial charge in [-0.2, -0.15) is 0 Å². The summed E-state index contributed by atoms with van der Waals surface area (Å²) in [5.74, 6) is 0.0870. The van der Waals surface area contributed by atoms with E-state index in [-0.39, 0.29) is 18.3 Å². The molecule has 0 saturated carbocycles. The second-order valence-electron chi connectivity index (χ2n) is 5.84. The predicted octanol–water partition coefficient (Wildman–Crippen LogP) is 1.55. The van der Waals surface area contributed by atoms with Crippen molar-refractivity contribution < 1.29 is 9.53 Å². The zero-order valence-electron chi connectivity index (χ0n) is 14.0. The Bertz CT molecular complexity index is 485. The van der Waals surface area contributed by atoms with E-state index < -0.39 is 0 Å². The molecular formula is C17H28ClN3O2. The summed E-state index contributed by atoms with van der Waals surface area (Å²) in [7, 11) is 3.67. The minimum atomic E-state index is 0. The third-order valence-electron chi connectivity index (χ3n) is 4.18. The Hall–Kier alpha value is -1.14. The molecule has 130 valence electrons. The van der Waals surface area contributed by atoms with Crippen LogP contribution in [0, 0.1) is 0 Å². The van der Waals surface area contributed by atoms with Gasteiger partial charge in [0.1, 0.15) is 0 Å². The fourth-order valence-corrected chi connectivity index (χ4v) is 2.91. The van der Waals surface area contributed by atoms with E-state index in [1.54, 1.807) is 7.11 Å². The second kappa shape index (κ2) is 10.6. The fraction of sp³-hybridized carbons (Fsp3) is 0.588. The lowest BCUT2D eigenvalue weighted by Gasteiger charge is -2.31. The first-order valence-electron chi connectivity index (χ1n) is 7.95. The summed E-state index contributed by atoms with van der Waals surface area (Å²) in [6.45, 7) is 3.56. The summed E-state index contributed by atoms with van der Waals surface area (Å²) < 4.78 is 5.19. The summed E-state index contributed by atoms with van der Waals surface area (Å²) >= 11 is 0. The number of amides is 1. The number of hydrogen-bond acceptors (Lipinski definition) is 4. The zero-order chi connectivity index (χ0) is 15.8. The van der Waals surface area contributed by atoms with Crippen molar-refractivity contribution in [2.75, 3.05) is 33.8 Å². The first-order chi connectivity index (χ1) is 10.7. The van der Waals surface area contributed by atoms with Crippen LogP contribution in [0.1, 0.15) is 24.0 Å². The van der Waals surface area contributed by atoms with E-state index in [1.165, 1.54) is 6.42 Å². The number of halogens is 1. The predicted molar refractivity (Wildman–Crippen MR) is 94.8 cm³/mol. The summed E-state index contributed by atoms with van der Waals surface area (Å²) in [6, 6.07) is 8.55. The van der Waals surface area contributed by atoms with Crippen LogP contribution >= 0.6 is 12.4 Å². The highest BCUT2D eigenvalue weighted by molar-refractivity contribution is 5.85. The van der Waals surface area contributed by atoms with Gasteiger partial charge in [-0.15, -0.1) is 12.4 Å². The maximum absolute atomic E-state index is 12.1. The van der Waals surface area contributed by atoms with E-state index in [2.05, 4.69) is 15.5 Å². The van der Waals surface area contributed by atoms with Crippen molar-refractivity contribution in [3.8, 4) is 0 Å². The Morgan fingerprint density at radius 2 is 2.09 bits per heavy atom. The van der Waals surface area contributed by atoms with Gasteiger partial charge in [0.2, 0.25) is 5.91 Å². The Labute approximate surface area is 145 Å². The van der Waals surface area contributed by atoms with Crippen molar-refractivity contribution >= 4 is 18.3 Å². The van der Waals surface area contributed by atoms with Gasteiger partial charge in [0.05, 0.1) is 13.2 Å². The molecule has 5 nitrogen and oxygen atoms in total. The van der Waals surface area contributed by atoms with Crippen molar-refractivity contribution in [1.82, 2.24) is 15.5 Å². The smallest absolute Gasteiger partial charge is 0.234 e. The Morgan fingerprint density at radius 1 is 1.35 bits per heavy atom. The highest BCUT2D eigenvalue weighted by atomic mass is 35.5. The van der Waals surface area contributed by atoms with Crippen LogP contribution in [0.15, 0.2) is 24.3 Å². The van der Waals surface area contributed by atoms with Crippen molar-refractivity contribution in [2.45, 2.75) is 32.0 Å². The third-order valence-corrected chi connectivity index (χ3v) is 4.18. The molecule has 1 saturated heterocycles. The number of piperidine rings is 1. The summed E-state index contributed by atoms with van der Waals surface area (Å²) in [4.78, 5) is 14.4. The third kappa shape index (κ3) is 6.47. The molecule has 6 heteroatoms. The summed E-state index contributed by atoms with van der Waals surface area (Å²) in [5.41, 5.74) is 2.24. The maximum Gasteiger partial charge on any atom is 0.234 e. The van der Waals surface area contributed by atoms with E-state index in [9.17, 15) is 4.79 Å². The van der Waals surface area contributed by atoms with Gasteiger partial charge in [0.15, 0.2) is 0 Å². The van der Waals surface area contributed by atoms with Gasteiger partial charge in [-0.1, -0.05) is 24.3 Å². The number of nitrogens with zero attached hydrogens (tertiary/aromatic N) is 1. The molecule has 1 aliphatic heterocycles. The number of carbonyl (C=O) groups excluding carboxylic acids is 1. The minimum absolute atomic E-state index is 0. The molecule has 0 radical (unpaired) electrons. The van der Waals surface area contributed by atoms with Crippen LogP contribution in [0.2, 0.25) is 0 Å². The first-order valence-corrected chi connectivity index (χ1v) is 7.95. The van der Waals surface area contributed by atoms with Crippen molar-refractivity contribution in [3.63, 3.8) is 0 Å². The maximum atomic E-state index is 12.1. The van der Waals surface area contributed by atoms with Crippen LogP contribution in [0.3, 0.4) is 0 Å². The molecule has 1 fully saturated rings. The number of ether oxygens (including phenoxy) is 1. The van der Waals surface area contributed by atoms with Crippen LogP contribution in [-0.4, -0.2) is 50.6 Å². The number of likely N-dealkylation sites (N-methyl/N-ethyl adjacent to an activating group) is 1. The lowest BCUT2D eigenvalue weighted by Crippen LogP contribution is -2.47. The van der Waals surface area contributed by atoms with Crippen molar-refractivity contribution in [2.24, 2.45) is 0 Å². The number of rotatable bonds is 7. The number of likely N-dealkylation sites (tertiary alicyclic amines) is 1. The van der Waals surface area contributed by atoms with Crippen LogP contribution in [0.4, 0.5) is 0 Å². The molecule has 1 heterocycles. The van der Waals surface area contributed by atoms with Crippen molar-refractivity contribution in [1.29, 1.82) is 0 Å². The summed E-state index contributed by atoms with van der Waals surface area (Å²) in [5, 5.41) is 6.32. The number of hydrogen-bond donors (Lipinski definition) is 2. The zero-order valence-corrected chi connectivity index (χ0v) is 14.8. The molecule has 0 bridgehead atoms. The van der Waals surface area contributed by atoms with E-state index in [0.29, 0.717) is 25.7 Å². The molecular weight excluding hydrogens is 314 g/mol. The van der Waals surface area contributed by atoms with E-state index >= 15 is 0 Å². The quantitative estimate of drug-likeness (QED) is 0.790. The average Bonchev–Trinajstić information content (AvgIpc) is 2.54. The molecule has 0 spiro atoms. The molecule has 1 aliphatic rings. The second-order valence-corrected chi connectivity index (χ2v) is 5.84. The molecule has 1 atom stereocenters. The SMILES string of the molecule is CNC1CCCN(CC(=O)NCc2ccccc2COC)C1.Cl. The van der Waals surface area contributed by atoms with Crippen LogP contribution in [0.25, 0.3) is 0 Å². The van der Waals surface area contributed by atoms with Gasteiger partial charge in [-0.3, -0.25) is 9.69 Å². The minimum Gasteiger partial charge on any atom is -0.380 e. The van der Waals surface area contributed by atoms with Gasteiger partial charge in [0.25, 0.3) is 0 Å². The molecule has 1 aromatic rings. The Balaban J connectivity index is 0.00000264. The molecule has 0 aromatic heterocycles. The largest absolute Gasteiger partial charge is 0.380 e. The normalized spacial score (nSPS) is 18.3. The van der Waals surface area contributed by atoms with E-state index in [4.69, 9.17) is 4.74 Å². The number of methoxy groups -OCH3 is 1. The number of carbonyl (C=O) groups is 1. The molecule has 2 N–H and O–H groups in total. The molecule has 1 aromatic carbocycles. The summed E-state index contributed by atoms with van der Waals surface area (Å²) in [6.07, 6.45) is 2.34. The van der Waals surface area contributed by atoms with Gasteiger partial charge in [-0.25, -0.2) is 0 Å². The highest BCUT2D eigenvalue weighted by Gasteiger charge is 2.20. The van der Waals surface area contributed by atoms with Crippen LogP contribution in [-0.2, 0) is 22.7 Å². The lowest BCUT2D eigenvalue weighted by molar-refractivity contribution is -0.122. The van der Waals surface area contributed by atoms with Crippen LogP contribution in [0.5, 0.6) is 0 Å². The molecule has 1 unspecified atom stereocenters.